The Morgan fingerprint density at radius 2 is 1.71 bits per heavy atom. The van der Waals surface area contributed by atoms with Crippen molar-refractivity contribution in [3.8, 4) is 0 Å². The molecular weight excluding hydrogens is 210 g/mol. The van der Waals surface area contributed by atoms with E-state index in [0.29, 0.717) is 0 Å². The standard InChI is InChI=1S/C14H23N3/c1-15-11-13-5-3-4-6-14(13)12-17-9-7-16(2)8-10-17/h3-6,15H,7-12H2,1-2H3. The molecule has 1 aromatic rings. The first-order valence-electron chi connectivity index (χ1n) is 6.42. The molecule has 2 rings (SSSR count). The second-order valence-electron chi connectivity index (χ2n) is 4.88. The summed E-state index contributed by atoms with van der Waals surface area (Å²) < 4.78 is 0. The van der Waals surface area contributed by atoms with Gasteiger partial charge in [0.1, 0.15) is 0 Å². The van der Waals surface area contributed by atoms with Crippen molar-refractivity contribution >= 4 is 0 Å². The first-order valence-corrected chi connectivity index (χ1v) is 6.42. The molecule has 0 bridgehead atoms. The Morgan fingerprint density at radius 3 is 2.35 bits per heavy atom. The van der Waals surface area contributed by atoms with Gasteiger partial charge < -0.3 is 10.2 Å². The Kier molecular flexibility index (Phi) is 4.54. The highest BCUT2D eigenvalue weighted by atomic mass is 15.2. The van der Waals surface area contributed by atoms with Crippen LogP contribution in [0.4, 0.5) is 0 Å². The topological polar surface area (TPSA) is 18.5 Å². The third-order valence-electron chi connectivity index (χ3n) is 3.48. The van der Waals surface area contributed by atoms with E-state index in [1.165, 1.54) is 37.3 Å². The summed E-state index contributed by atoms with van der Waals surface area (Å²) in [5.74, 6) is 0. The van der Waals surface area contributed by atoms with Crippen LogP contribution in [0.3, 0.4) is 0 Å². The third-order valence-corrected chi connectivity index (χ3v) is 3.48. The molecule has 1 aromatic carbocycles. The van der Waals surface area contributed by atoms with Crippen LogP contribution in [-0.4, -0.2) is 50.1 Å². The third kappa shape index (κ3) is 3.53. The van der Waals surface area contributed by atoms with Gasteiger partial charge in [0, 0.05) is 39.3 Å². The summed E-state index contributed by atoms with van der Waals surface area (Å²) in [6.07, 6.45) is 0. The fourth-order valence-corrected chi connectivity index (χ4v) is 2.32. The molecule has 17 heavy (non-hydrogen) atoms. The molecule has 0 aliphatic carbocycles. The number of piperazine rings is 1. The van der Waals surface area contributed by atoms with Gasteiger partial charge in [-0.05, 0) is 25.2 Å². The van der Waals surface area contributed by atoms with Crippen molar-refractivity contribution in [3.05, 3.63) is 35.4 Å². The molecule has 1 heterocycles. The van der Waals surface area contributed by atoms with E-state index in [0.717, 1.165) is 13.1 Å². The summed E-state index contributed by atoms with van der Waals surface area (Å²) in [5.41, 5.74) is 2.89. The van der Waals surface area contributed by atoms with Gasteiger partial charge in [-0.15, -0.1) is 0 Å². The average molecular weight is 233 g/mol. The summed E-state index contributed by atoms with van der Waals surface area (Å²) in [5, 5.41) is 3.24. The number of hydrogen-bond donors (Lipinski definition) is 1. The van der Waals surface area contributed by atoms with E-state index in [-0.39, 0.29) is 0 Å². The molecule has 3 heteroatoms. The number of rotatable bonds is 4. The average Bonchev–Trinajstić information content (AvgIpc) is 2.35. The maximum atomic E-state index is 3.24. The fraction of sp³-hybridized carbons (Fsp3) is 0.571. The van der Waals surface area contributed by atoms with Crippen LogP contribution < -0.4 is 5.32 Å². The van der Waals surface area contributed by atoms with E-state index in [2.05, 4.69) is 46.4 Å². The summed E-state index contributed by atoms with van der Waals surface area (Å²) in [7, 11) is 4.21. The lowest BCUT2D eigenvalue weighted by atomic mass is 10.1. The second-order valence-corrected chi connectivity index (χ2v) is 4.88. The summed E-state index contributed by atoms with van der Waals surface area (Å²) in [4.78, 5) is 4.95. The van der Waals surface area contributed by atoms with E-state index < -0.39 is 0 Å². The van der Waals surface area contributed by atoms with E-state index in [1.807, 2.05) is 7.05 Å². The van der Waals surface area contributed by atoms with Crippen molar-refractivity contribution in [3.63, 3.8) is 0 Å². The van der Waals surface area contributed by atoms with Crippen molar-refractivity contribution in [2.45, 2.75) is 13.1 Å². The van der Waals surface area contributed by atoms with Crippen LogP contribution in [-0.2, 0) is 13.1 Å². The van der Waals surface area contributed by atoms with Crippen molar-refractivity contribution in [2.24, 2.45) is 0 Å². The molecule has 0 saturated carbocycles. The smallest absolute Gasteiger partial charge is 0.0238 e. The minimum absolute atomic E-state index is 0.962. The molecule has 1 aliphatic heterocycles. The molecule has 0 spiro atoms. The molecule has 3 nitrogen and oxygen atoms in total. The van der Waals surface area contributed by atoms with Gasteiger partial charge in [0.15, 0.2) is 0 Å². The summed E-state index contributed by atoms with van der Waals surface area (Å²) in [6, 6.07) is 8.75. The monoisotopic (exact) mass is 233 g/mol. The van der Waals surface area contributed by atoms with Gasteiger partial charge in [-0.3, -0.25) is 4.90 Å². The molecule has 1 fully saturated rings. The predicted octanol–water partition coefficient (Wildman–Crippen LogP) is 1.15. The summed E-state index contributed by atoms with van der Waals surface area (Å²) in [6.45, 7) is 6.80. The number of hydrogen-bond acceptors (Lipinski definition) is 3. The predicted molar refractivity (Wildman–Crippen MR) is 72.0 cm³/mol. The molecule has 94 valence electrons. The zero-order chi connectivity index (χ0) is 12.1. The molecule has 1 N–H and O–H groups in total. The zero-order valence-corrected chi connectivity index (χ0v) is 10.9. The van der Waals surface area contributed by atoms with Crippen LogP contribution >= 0.6 is 0 Å². The number of nitrogens with one attached hydrogen (secondary N) is 1. The molecule has 0 atom stereocenters. The second kappa shape index (κ2) is 6.15. The lowest BCUT2D eigenvalue weighted by Crippen LogP contribution is -2.44. The van der Waals surface area contributed by atoms with Crippen LogP contribution in [0.2, 0.25) is 0 Å². The summed E-state index contributed by atoms with van der Waals surface area (Å²) >= 11 is 0. The van der Waals surface area contributed by atoms with Gasteiger partial charge >= 0.3 is 0 Å². The van der Waals surface area contributed by atoms with Crippen molar-refractivity contribution in [1.29, 1.82) is 0 Å². The SMILES string of the molecule is CNCc1ccccc1CN1CCN(C)CC1. The highest BCUT2D eigenvalue weighted by molar-refractivity contribution is 5.27. The lowest BCUT2D eigenvalue weighted by molar-refractivity contribution is 0.148. The molecule has 0 amide bonds. The van der Waals surface area contributed by atoms with Gasteiger partial charge in [-0.2, -0.15) is 0 Å². The normalized spacial score (nSPS) is 18.5. The number of benzene rings is 1. The maximum Gasteiger partial charge on any atom is 0.0238 e. The quantitative estimate of drug-likeness (QED) is 0.842. The highest BCUT2D eigenvalue weighted by Crippen LogP contribution is 2.13. The van der Waals surface area contributed by atoms with E-state index in [4.69, 9.17) is 0 Å². The first kappa shape index (κ1) is 12.6. The van der Waals surface area contributed by atoms with Gasteiger partial charge in [0.25, 0.3) is 0 Å². The van der Waals surface area contributed by atoms with Crippen LogP contribution in [0.5, 0.6) is 0 Å². The number of nitrogens with zero attached hydrogens (tertiary/aromatic N) is 2. The zero-order valence-electron chi connectivity index (χ0n) is 10.9. The molecular formula is C14H23N3. The Hall–Kier alpha value is -0.900. The van der Waals surface area contributed by atoms with Gasteiger partial charge in [0.05, 0.1) is 0 Å². The maximum absolute atomic E-state index is 3.24. The lowest BCUT2D eigenvalue weighted by Gasteiger charge is -2.32. The molecule has 1 aliphatic rings. The van der Waals surface area contributed by atoms with Crippen LogP contribution in [0, 0.1) is 0 Å². The number of likely N-dealkylation sites (N-methyl/N-ethyl adjacent to an activating group) is 1. The minimum Gasteiger partial charge on any atom is -0.316 e. The largest absolute Gasteiger partial charge is 0.316 e. The molecule has 0 aromatic heterocycles. The van der Waals surface area contributed by atoms with E-state index in [9.17, 15) is 0 Å². The minimum atomic E-state index is 0.962. The Morgan fingerprint density at radius 1 is 1.06 bits per heavy atom. The molecule has 0 radical (unpaired) electrons. The van der Waals surface area contributed by atoms with Gasteiger partial charge in [0.2, 0.25) is 0 Å². The van der Waals surface area contributed by atoms with Crippen LogP contribution in [0.25, 0.3) is 0 Å². The first-order chi connectivity index (χ1) is 8.29. The highest BCUT2D eigenvalue weighted by Gasteiger charge is 2.14. The van der Waals surface area contributed by atoms with Crippen LogP contribution in [0.15, 0.2) is 24.3 Å². The molecule has 0 unspecified atom stereocenters. The Bertz CT molecular complexity index is 343. The van der Waals surface area contributed by atoms with Gasteiger partial charge in [-0.1, -0.05) is 24.3 Å². The van der Waals surface area contributed by atoms with Crippen molar-refractivity contribution in [2.75, 3.05) is 40.3 Å². The van der Waals surface area contributed by atoms with E-state index in [1.54, 1.807) is 0 Å². The van der Waals surface area contributed by atoms with E-state index >= 15 is 0 Å². The Labute approximate surface area is 104 Å². The Balaban J connectivity index is 1.98. The van der Waals surface area contributed by atoms with Crippen molar-refractivity contribution < 1.29 is 0 Å². The van der Waals surface area contributed by atoms with Crippen molar-refractivity contribution in [1.82, 2.24) is 15.1 Å². The van der Waals surface area contributed by atoms with Crippen LogP contribution in [0.1, 0.15) is 11.1 Å². The fourth-order valence-electron chi connectivity index (χ4n) is 2.32. The van der Waals surface area contributed by atoms with Gasteiger partial charge in [-0.25, -0.2) is 0 Å². The molecule has 1 saturated heterocycles.